The first-order valence-corrected chi connectivity index (χ1v) is 6.42. The van der Waals surface area contributed by atoms with E-state index >= 15 is 0 Å². The number of ether oxygens (including phenoxy) is 1. The van der Waals surface area contributed by atoms with E-state index in [9.17, 15) is 0 Å². The molecule has 0 spiro atoms. The van der Waals surface area contributed by atoms with Crippen LogP contribution in [0.3, 0.4) is 0 Å². The summed E-state index contributed by atoms with van der Waals surface area (Å²) in [7, 11) is 0. The SMILES string of the molecule is CCOc1ccc(-c2cnc(CCl)s2)cc1. The molecule has 0 N–H and O–H groups in total. The fraction of sp³-hybridized carbons (Fsp3) is 0.250. The van der Waals surface area contributed by atoms with Gasteiger partial charge in [0.15, 0.2) is 0 Å². The van der Waals surface area contributed by atoms with Crippen LogP contribution in [0.4, 0.5) is 0 Å². The molecule has 4 heteroatoms. The summed E-state index contributed by atoms with van der Waals surface area (Å²) in [4.78, 5) is 5.36. The Bertz CT molecular complexity index is 452. The molecule has 0 aliphatic carbocycles. The summed E-state index contributed by atoms with van der Waals surface area (Å²) in [6, 6.07) is 8.02. The molecule has 1 aromatic heterocycles. The number of halogens is 1. The van der Waals surface area contributed by atoms with Gasteiger partial charge in [-0.05, 0) is 36.8 Å². The summed E-state index contributed by atoms with van der Waals surface area (Å²) in [6.45, 7) is 2.67. The Labute approximate surface area is 104 Å². The zero-order valence-corrected chi connectivity index (χ0v) is 10.5. The summed E-state index contributed by atoms with van der Waals surface area (Å²) in [5.74, 6) is 1.37. The molecule has 2 aromatic rings. The van der Waals surface area contributed by atoms with Crippen molar-refractivity contribution < 1.29 is 4.74 Å². The van der Waals surface area contributed by atoms with Crippen molar-refractivity contribution in [2.45, 2.75) is 12.8 Å². The number of benzene rings is 1. The first-order chi connectivity index (χ1) is 7.83. The highest BCUT2D eigenvalue weighted by atomic mass is 35.5. The largest absolute Gasteiger partial charge is 0.494 e. The van der Waals surface area contributed by atoms with E-state index in [1.54, 1.807) is 11.3 Å². The number of hydrogen-bond acceptors (Lipinski definition) is 3. The van der Waals surface area contributed by atoms with E-state index in [0.717, 1.165) is 21.2 Å². The van der Waals surface area contributed by atoms with Crippen LogP contribution < -0.4 is 4.74 Å². The first-order valence-electron chi connectivity index (χ1n) is 5.07. The molecule has 0 radical (unpaired) electrons. The summed E-state index contributed by atoms with van der Waals surface area (Å²) in [5.41, 5.74) is 1.15. The standard InChI is InChI=1S/C12H12ClNOS/c1-2-15-10-5-3-9(4-6-10)11-8-14-12(7-13)16-11/h3-6,8H,2,7H2,1H3. The number of alkyl halides is 1. The molecule has 2 rings (SSSR count). The van der Waals surface area contributed by atoms with Gasteiger partial charge in [-0.2, -0.15) is 0 Å². The summed E-state index contributed by atoms with van der Waals surface area (Å²) < 4.78 is 5.39. The Morgan fingerprint density at radius 1 is 1.31 bits per heavy atom. The maximum Gasteiger partial charge on any atom is 0.119 e. The van der Waals surface area contributed by atoms with E-state index in [1.165, 1.54) is 0 Å². The maximum absolute atomic E-state index is 5.72. The molecule has 1 aromatic carbocycles. The third-order valence-electron chi connectivity index (χ3n) is 2.12. The molecule has 0 aliphatic rings. The van der Waals surface area contributed by atoms with Crippen LogP contribution in [0.15, 0.2) is 30.5 Å². The van der Waals surface area contributed by atoms with Gasteiger partial charge in [-0.15, -0.1) is 22.9 Å². The topological polar surface area (TPSA) is 22.1 Å². The van der Waals surface area contributed by atoms with E-state index in [0.29, 0.717) is 12.5 Å². The van der Waals surface area contributed by atoms with Crippen molar-refractivity contribution in [3.05, 3.63) is 35.5 Å². The van der Waals surface area contributed by atoms with Crippen LogP contribution in [-0.2, 0) is 5.88 Å². The minimum Gasteiger partial charge on any atom is -0.494 e. The molecule has 84 valence electrons. The monoisotopic (exact) mass is 253 g/mol. The van der Waals surface area contributed by atoms with Crippen LogP contribution in [0.2, 0.25) is 0 Å². The molecular formula is C12H12ClNOS. The zero-order valence-electron chi connectivity index (χ0n) is 8.94. The van der Waals surface area contributed by atoms with Crippen molar-refractivity contribution in [3.63, 3.8) is 0 Å². The third-order valence-corrected chi connectivity index (χ3v) is 3.58. The minimum atomic E-state index is 0.474. The van der Waals surface area contributed by atoms with Gasteiger partial charge >= 0.3 is 0 Å². The Morgan fingerprint density at radius 2 is 2.06 bits per heavy atom. The van der Waals surface area contributed by atoms with Gasteiger partial charge in [0.2, 0.25) is 0 Å². The molecular weight excluding hydrogens is 242 g/mol. The van der Waals surface area contributed by atoms with E-state index in [-0.39, 0.29) is 0 Å². The van der Waals surface area contributed by atoms with E-state index < -0.39 is 0 Å². The number of rotatable bonds is 4. The molecule has 0 amide bonds. The summed E-state index contributed by atoms with van der Waals surface area (Å²) >= 11 is 7.34. The average molecular weight is 254 g/mol. The normalized spacial score (nSPS) is 10.4. The quantitative estimate of drug-likeness (QED) is 0.770. The molecule has 0 atom stereocenters. The van der Waals surface area contributed by atoms with Gasteiger partial charge in [0.05, 0.1) is 17.4 Å². The lowest BCUT2D eigenvalue weighted by atomic mass is 10.2. The Balaban J connectivity index is 2.20. The van der Waals surface area contributed by atoms with Crippen molar-refractivity contribution in [1.82, 2.24) is 4.98 Å². The van der Waals surface area contributed by atoms with Crippen molar-refractivity contribution in [1.29, 1.82) is 0 Å². The van der Waals surface area contributed by atoms with E-state index in [4.69, 9.17) is 16.3 Å². The van der Waals surface area contributed by atoms with Crippen LogP contribution >= 0.6 is 22.9 Å². The van der Waals surface area contributed by atoms with Gasteiger partial charge in [-0.25, -0.2) is 4.98 Å². The van der Waals surface area contributed by atoms with E-state index in [1.807, 2.05) is 37.4 Å². The molecule has 0 saturated heterocycles. The molecule has 0 bridgehead atoms. The maximum atomic E-state index is 5.72. The minimum absolute atomic E-state index is 0.474. The van der Waals surface area contributed by atoms with Crippen LogP contribution in [0.1, 0.15) is 11.9 Å². The van der Waals surface area contributed by atoms with Crippen molar-refractivity contribution >= 4 is 22.9 Å². The van der Waals surface area contributed by atoms with E-state index in [2.05, 4.69) is 4.98 Å². The summed E-state index contributed by atoms with van der Waals surface area (Å²) in [6.07, 6.45) is 1.86. The second-order valence-corrected chi connectivity index (χ2v) is 4.59. The first kappa shape index (κ1) is 11.4. The Morgan fingerprint density at radius 3 is 2.62 bits per heavy atom. The second-order valence-electron chi connectivity index (χ2n) is 3.21. The lowest BCUT2D eigenvalue weighted by Crippen LogP contribution is -1.90. The van der Waals surface area contributed by atoms with Crippen LogP contribution in [0, 0.1) is 0 Å². The predicted molar refractivity (Wildman–Crippen MR) is 68.3 cm³/mol. The number of hydrogen-bond donors (Lipinski definition) is 0. The van der Waals surface area contributed by atoms with Crippen molar-refractivity contribution in [3.8, 4) is 16.2 Å². The summed E-state index contributed by atoms with van der Waals surface area (Å²) in [5, 5.41) is 0.950. The number of thiazole rings is 1. The molecule has 0 aliphatic heterocycles. The molecule has 2 nitrogen and oxygen atoms in total. The van der Waals surface area contributed by atoms with Crippen molar-refractivity contribution in [2.24, 2.45) is 0 Å². The highest BCUT2D eigenvalue weighted by Gasteiger charge is 2.03. The second kappa shape index (κ2) is 5.32. The van der Waals surface area contributed by atoms with Gasteiger partial charge < -0.3 is 4.74 Å². The molecule has 0 saturated carbocycles. The predicted octanol–water partition coefficient (Wildman–Crippen LogP) is 3.95. The van der Waals surface area contributed by atoms with Gasteiger partial charge in [0.1, 0.15) is 10.8 Å². The molecule has 0 unspecified atom stereocenters. The zero-order chi connectivity index (χ0) is 11.4. The fourth-order valence-corrected chi connectivity index (χ4v) is 2.39. The molecule has 1 heterocycles. The molecule has 0 fully saturated rings. The van der Waals surface area contributed by atoms with Crippen molar-refractivity contribution in [2.75, 3.05) is 6.61 Å². The molecule has 16 heavy (non-hydrogen) atoms. The Hall–Kier alpha value is -1.06. The highest BCUT2D eigenvalue weighted by Crippen LogP contribution is 2.28. The lowest BCUT2D eigenvalue weighted by Gasteiger charge is -2.02. The fourth-order valence-electron chi connectivity index (χ4n) is 1.39. The number of nitrogens with zero attached hydrogens (tertiary/aromatic N) is 1. The van der Waals surface area contributed by atoms with Crippen LogP contribution in [-0.4, -0.2) is 11.6 Å². The van der Waals surface area contributed by atoms with Gasteiger partial charge in [-0.1, -0.05) is 0 Å². The highest BCUT2D eigenvalue weighted by molar-refractivity contribution is 7.15. The average Bonchev–Trinajstić information content (AvgIpc) is 2.79. The third kappa shape index (κ3) is 2.54. The van der Waals surface area contributed by atoms with Crippen LogP contribution in [0.25, 0.3) is 10.4 Å². The van der Waals surface area contributed by atoms with Gasteiger partial charge in [0.25, 0.3) is 0 Å². The lowest BCUT2D eigenvalue weighted by molar-refractivity contribution is 0.340. The van der Waals surface area contributed by atoms with Crippen LogP contribution in [0.5, 0.6) is 5.75 Å². The smallest absolute Gasteiger partial charge is 0.119 e. The van der Waals surface area contributed by atoms with Gasteiger partial charge in [0, 0.05) is 6.20 Å². The Kier molecular flexibility index (Phi) is 3.80. The number of aromatic nitrogens is 1. The van der Waals surface area contributed by atoms with Gasteiger partial charge in [-0.3, -0.25) is 0 Å².